The monoisotopic (exact) mass is 258 g/mol. The topological polar surface area (TPSA) is 55.8 Å². The van der Waals surface area contributed by atoms with Crippen LogP contribution in [0, 0.1) is 0 Å². The summed E-state index contributed by atoms with van der Waals surface area (Å²) in [6.45, 7) is 7.46. The van der Waals surface area contributed by atoms with Crippen LogP contribution in [0.25, 0.3) is 0 Å². The van der Waals surface area contributed by atoms with Crippen LogP contribution in [0.1, 0.15) is 46.0 Å². The van der Waals surface area contributed by atoms with Gasteiger partial charge in [0.2, 0.25) is 0 Å². The van der Waals surface area contributed by atoms with Crippen LogP contribution in [0.15, 0.2) is 12.7 Å². The maximum absolute atomic E-state index is 10.9. The number of hydrogen-bond donors (Lipinski definition) is 1. The van der Waals surface area contributed by atoms with E-state index in [0.29, 0.717) is 0 Å². The lowest BCUT2D eigenvalue weighted by Gasteiger charge is -2.22. The third kappa shape index (κ3) is 8.25. The summed E-state index contributed by atoms with van der Waals surface area (Å²) in [6.07, 6.45) is 6.15. The molecular weight excluding hydrogens is 232 g/mol. The van der Waals surface area contributed by atoms with Crippen molar-refractivity contribution in [3.8, 4) is 0 Å². The minimum atomic E-state index is -0.490. The summed E-state index contributed by atoms with van der Waals surface area (Å²) >= 11 is 0. The fourth-order valence-corrected chi connectivity index (χ4v) is 1.63. The highest BCUT2D eigenvalue weighted by Gasteiger charge is 2.16. The van der Waals surface area contributed by atoms with Crippen molar-refractivity contribution in [2.45, 2.75) is 58.2 Å². The van der Waals surface area contributed by atoms with E-state index in [0.717, 1.165) is 25.3 Å². The Bertz CT molecular complexity index is 228. The van der Waals surface area contributed by atoms with Crippen LogP contribution >= 0.6 is 0 Å². The minimum absolute atomic E-state index is 0.0750. The van der Waals surface area contributed by atoms with Crippen LogP contribution < -0.4 is 0 Å². The maximum Gasteiger partial charge on any atom is 0.330 e. The molecule has 0 aliphatic carbocycles. The molecule has 0 rings (SSSR count). The van der Waals surface area contributed by atoms with E-state index in [-0.39, 0.29) is 19.3 Å². The Hall–Kier alpha value is -0.870. The molecule has 0 aliphatic rings. The summed E-state index contributed by atoms with van der Waals surface area (Å²) in [6, 6.07) is 0. The second-order valence-electron chi connectivity index (χ2n) is 4.30. The number of carbonyl (C=O) groups excluding carboxylic acids is 1. The number of esters is 1. The van der Waals surface area contributed by atoms with E-state index in [4.69, 9.17) is 9.47 Å². The van der Waals surface area contributed by atoms with Gasteiger partial charge in [0.15, 0.2) is 0 Å². The normalized spacial score (nSPS) is 13.9. The molecule has 0 amide bonds. The summed E-state index contributed by atoms with van der Waals surface area (Å²) in [5, 5.41) is 9.19. The molecule has 106 valence electrons. The lowest BCUT2D eigenvalue weighted by atomic mass is 10.1. The number of rotatable bonds is 11. The van der Waals surface area contributed by atoms with E-state index in [1.165, 1.54) is 12.8 Å². The lowest BCUT2D eigenvalue weighted by molar-refractivity contribution is -0.145. The molecule has 18 heavy (non-hydrogen) atoms. The van der Waals surface area contributed by atoms with Crippen molar-refractivity contribution in [3.63, 3.8) is 0 Å². The number of aliphatic hydroxyl groups excluding tert-OH is 1. The zero-order chi connectivity index (χ0) is 13.8. The summed E-state index contributed by atoms with van der Waals surface area (Å²) in [4.78, 5) is 10.9. The van der Waals surface area contributed by atoms with Crippen molar-refractivity contribution < 1.29 is 19.4 Å². The van der Waals surface area contributed by atoms with Gasteiger partial charge in [-0.1, -0.05) is 39.7 Å². The molecule has 0 aromatic rings. The average molecular weight is 258 g/mol. The van der Waals surface area contributed by atoms with E-state index in [1.807, 2.05) is 0 Å². The first-order chi connectivity index (χ1) is 8.67. The molecule has 1 N–H and O–H groups in total. The molecule has 0 saturated carbocycles. The van der Waals surface area contributed by atoms with Gasteiger partial charge in [-0.25, -0.2) is 4.79 Å². The van der Waals surface area contributed by atoms with Gasteiger partial charge in [0, 0.05) is 6.08 Å². The smallest absolute Gasteiger partial charge is 0.330 e. The van der Waals surface area contributed by atoms with Crippen molar-refractivity contribution in [1.82, 2.24) is 0 Å². The first-order valence-electron chi connectivity index (χ1n) is 6.73. The lowest BCUT2D eigenvalue weighted by Crippen LogP contribution is -2.30. The molecule has 0 radical (unpaired) electrons. The highest BCUT2D eigenvalue weighted by atomic mass is 16.6. The van der Waals surface area contributed by atoms with Gasteiger partial charge in [0.1, 0.15) is 12.7 Å². The van der Waals surface area contributed by atoms with Crippen molar-refractivity contribution in [2.75, 3.05) is 13.2 Å². The number of unbranched alkanes of at least 4 members (excludes halogenated alkanes) is 2. The van der Waals surface area contributed by atoms with Gasteiger partial charge in [0.05, 0.1) is 12.7 Å². The molecule has 0 fully saturated rings. The number of carbonyl (C=O) groups is 1. The fraction of sp³-hybridized carbons (Fsp3) is 0.786. The highest BCUT2D eigenvalue weighted by molar-refractivity contribution is 5.81. The number of aliphatic hydroxyl groups is 1. The standard InChI is InChI=1S/C14H26O4/c1-4-7-8-9-12(5-2)18-13(10-15)11-17-14(16)6-3/h6,12-13,15H,3-5,7-11H2,1-2H3. The van der Waals surface area contributed by atoms with Crippen molar-refractivity contribution in [3.05, 3.63) is 12.7 Å². The van der Waals surface area contributed by atoms with Crippen LogP contribution in [-0.2, 0) is 14.3 Å². The van der Waals surface area contributed by atoms with Gasteiger partial charge in [0.25, 0.3) is 0 Å². The Morgan fingerprint density at radius 3 is 2.56 bits per heavy atom. The van der Waals surface area contributed by atoms with Crippen LogP contribution in [0.2, 0.25) is 0 Å². The van der Waals surface area contributed by atoms with Crippen molar-refractivity contribution >= 4 is 5.97 Å². The third-order valence-electron chi connectivity index (χ3n) is 2.75. The molecule has 4 nitrogen and oxygen atoms in total. The van der Waals surface area contributed by atoms with E-state index in [9.17, 15) is 9.90 Å². The molecule has 0 aromatic carbocycles. The first kappa shape index (κ1) is 17.1. The molecule has 0 aromatic heterocycles. The summed E-state index contributed by atoms with van der Waals surface area (Å²) in [7, 11) is 0. The highest BCUT2D eigenvalue weighted by Crippen LogP contribution is 2.12. The quantitative estimate of drug-likeness (QED) is 0.351. The number of ether oxygens (including phenoxy) is 2. The Kier molecular flexibility index (Phi) is 10.7. The molecule has 4 heteroatoms. The molecule has 0 bridgehead atoms. The Morgan fingerprint density at radius 2 is 2.06 bits per heavy atom. The van der Waals surface area contributed by atoms with Crippen molar-refractivity contribution in [2.24, 2.45) is 0 Å². The second kappa shape index (κ2) is 11.2. The molecule has 0 spiro atoms. The van der Waals surface area contributed by atoms with E-state index >= 15 is 0 Å². The zero-order valence-corrected chi connectivity index (χ0v) is 11.6. The average Bonchev–Trinajstić information content (AvgIpc) is 2.41. The maximum atomic E-state index is 10.9. The van der Waals surface area contributed by atoms with Gasteiger partial charge in [-0.15, -0.1) is 0 Å². The molecule has 2 unspecified atom stereocenters. The van der Waals surface area contributed by atoms with Gasteiger partial charge in [-0.3, -0.25) is 0 Å². The van der Waals surface area contributed by atoms with Crippen LogP contribution in [0.5, 0.6) is 0 Å². The summed E-state index contributed by atoms with van der Waals surface area (Å²) < 4.78 is 10.6. The van der Waals surface area contributed by atoms with Crippen LogP contribution in [0.3, 0.4) is 0 Å². The SMILES string of the molecule is C=CC(=O)OCC(CO)OC(CC)CCCCC. The summed E-state index contributed by atoms with van der Waals surface area (Å²) in [5.41, 5.74) is 0. The molecule has 0 aliphatic heterocycles. The van der Waals surface area contributed by atoms with Crippen molar-refractivity contribution in [1.29, 1.82) is 0 Å². The third-order valence-corrected chi connectivity index (χ3v) is 2.75. The van der Waals surface area contributed by atoms with Gasteiger partial charge in [-0.2, -0.15) is 0 Å². The Labute approximate surface area is 110 Å². The Balaban J connectivity index is 3.97. The van der Waals surface area contributed by atoms with Gasteiger partial charge < -0.3 is 14.6 Å². The molecule has 0 saturated heterocycles. The molecule has 0 heterocycles. The summed E-state index contributed by atoms with van der Waals surface area (Å²) in [5.74, 6) is -0.490. The van der Waals surface area contributed by atoms with Gasteiger partial charge >= 0.3 is 5.97 Å². The Morgan fingerprint density at radius 1 is 1.33 bits per heavy atom. The van der Waals surface area contributed by atoms with Gasteiger partial charge in [-0.05, 0) is 12.8 Å². The predicted octanol–water partition coefficient (Wildman–Crippen LogP) is 2.45. The van der Waals surface area contributed by atoms with E-state index in [1.54, 1.807) is 0 Å². The van der Waals surface area contributed by atoms with Crippen LogP contribution in [0.4, 0.5) is 0 Å². The molecule has 2 atom stereocenters. The minimum Gasteiger partial charge on any atom is -0.460 e. The number of hydrogen-bond acceptors (Lipinski definition) is 4. The molecular formula is C14H26O4. The predicted molar refractivity (Wildman–Crippen MR) is 71.3 cm³/mol. The van der Waals surface area contributed by atoms with E-state index < -0.39 is 12.1 Å². The van der Waals surface area contributed by atoms with E-state index in [2.05, 4.69) is 20.4 Å². The zero-order valence-electron chi connectivity index (χ0n) is 11.6. The van der Waals surface area contributed by atoms with Crippen LogP contribution in [-0.4, -0.2) is 36.5 Å². The largest absolute Gasteiger partial charge is 0.460 e. The second-order valence-corrected chi connectivity index (χ2v) is 4.30. The fourth-order valence-electron chi connectivity index (χ4n) is 1.63. The first-order valence-corrected chi connectivity index (χ1v) is 6.73.